The molecule has 1 nitrogen and oxygen atoms in total. The van der Waals surface area contributed by atoms with Crippen LogP contribution >= 0.6 is 0 Å². The van der Waals surface area contributed by atoms with Gasteiger partial charge in [-0.25, -0.2) is 0 Å². The molecule has 1 aliphatic rings. The van der Waals surface area contributed by atoms with Gasteiger partial charge in [0.2, 0.25) is 0 Å². The summed E-state index contributed by atoms with van der Waals surface area (Å²) in [7, 11) is 0. The molecule has 0 spiro atoms. The largest absolute Gasteiger partial charge is 0.310 e. The van der Waals surface area contributed by atoms with Crippen molar-refractivity contribution in [2.75, 3.05) is 4.90 Å². The molecule has 54 heavy (non-hydrogen) atoms. The Morgan fingerprint density at radius 1 is 0.315 bits per heavy atom. The lowest BCUT2D eigenvalue weighted by atomic mass is 9.68. The number of benzene rings is 9. The summed E-state index contributed by atoms with van der Waals surface area (Å²) in [6.45, 7) is 0. The van der Waals surface area contributed by atoms with Crippen LogP contribution in [0, 0.1) is 0 Å². The van der Waals surface area contributed by atoms with Crippen LogP contribution in [0.15, 0.2) is 224 Å². The fourth-order valence-electron chi connectivity index (χ4n) is 8.71. The predicted octanol–water partition coefficient (Wildman–Crippen LogP) is 14.0. The molecule has 1 aliphatic carbocycles. The van der Waals surface area contributed by atoms with Gasteiger partial charge in [-0.05, 0) is 103 Å². The van der Waals surface area contributed by atoms with Gasteiger partial charge in [-0.3, -0.25) is 0 Å². The lowest BCUT2D eigenvalue weighted by Gasteiger charge is -2.34. The lowest BCUT2D eigenvalue weighted by molar-refractivity contribution is 0.768. The van der Waals surface area contributed by atoms with Crippen LogP contribution in [0.3, 0.4) is 0 Å². The second-order valence-corrected chi connectivity index (χ2v) is 14.1. The molecular formula is C53H37N. The SMILES string of the molecule is c1ccc(N(c2ccc(-c3cccc(-c4ccc5ccccc5c4)c3)cc2)c2cccc3c2-c2ccccc2C3(c2ccccc2)c2ccccc2)cc1. The van der Waals surface area contributed by atoms with Crippen molar-refractivity contribution < 1.29 is 0 Å². The lowest BCUT2D eigenvalue weighted by Crippen LogP contribution is -2.28. The van der Waals surface area contributed by atoms with Crippen LogP contribution in [-0.2, 0) is 5.41 Å². The number of rotatable bonds is 7. The maximum atomic E-state index is 2.43. The maximum Gasteiger partial charge on any atom is 0.0714 e. The smallest absolute Gasteiger partial charge is 0.0714 e. The number of para-hydroxylation sites is 1. The monoisotopic (exact) mass is 687 g/mol. The Kier molecular flexibility index (Phi) is 7.78. The minimum Gasteiger partial charge on any atom is -0.310 e. The Morgan fingerprint density at radius 2 is 0.833 bits per heavy atom. The Labute approximate surface area is 317 Å². The van der Waals surface area contributed by atoms with E-state index in [1.807, 2.05) is 0 Å². The molecule has 0 saturated carbocycles. The van der Waals surface area contributed by atoms with E-state index >= 15 is 0 Å². The van der Waals surface area contributed by atoms with Crippen LogP contribution in [0.2, 0.25) is 0 Å². The van der Waals surface area contributed by atoms with Crippen LogP contribution in [0.1, 0.15) is 22.3 Å². The van der Waals surface area contributed by atoms with Crippen molar-refractivity contribution in [2.24, 2.45) is 0 Å². The molecule has 0 N–H and O–H groups in total. The van der Waals surface area contributed by atoms with Gasteiger partial charge >= 0.3 is 0 Å². The molecule has 9 aromatic carbocycles. The topological polar surface area (TPSA) is 3.24 Å². The van der Waals surface area contributed by atoms with E-state index < -0.39 is 5.41 Å². The highest BCUT2D eigenvalue weighted by Gasteiger charge is 2.47. The van der Waals surface area contributed by atoms with Crippen molar-refractivity contribution in [3.05, 3.63) is 247 Å². The molecule has 254 valence electrons. The summed E-state index contributed by atoms with van der Waals surface area (Å²) in [4.78, 5) is 2.43. The number of nitrogens with zero attached hydrogens (tertiary/aromatic N) is 1. The van der Waals surface area contributed by atoms with Crippen molar-refractivity contribution in [2.45, 2.75) is 5.41 Å². The summed E-state index contributed by atoms with van der Waals surface area (Å²) < 4.78 is 0. The van der Waals surface area contributed by atoms with E-state index in [2.05, 4.69) is 229 Å². The molecule has 0 unspecified atom stereocenters. The summed E-state index contributed by atoms with van der Waals surface area (Å²) >= 11 is 0. The van der Waals surface area contributed by atoms with E-state index in [-0.39, 0.29) is 0 Å². The van der Waals surface area contributed by atoms with E-state index in [1.165, 1.54) is 66.4 Å². The van der Waals surface area contributed by atoms with Gasteiger partial charge < -0.3 is 4.90 Å². The fourth-order valence-corrected chi connectivity index (χ4v) is 8.71. The number of hydrogen-bond donors (Lipinski definition) is 0. The van der Waals surface area contributed by atoms with Gasteiger partial charge in [0, 0.05) is 16.9 Å². The van der Waals surface area contributed by atoms with Crippen molar-refractivity contribution in [1.82, 2.24) is 0 Å². The molecule has 1 heteroatoms. The molecule has 0 heterocycles. The molecule has 0 saturated heterocycles. The Hall–Kier alpha value is -6.96. The molecule has 0 fully saturated rings. The first-order valence-corrected chi connectivity index (χ1v) is 18.7. The first-order valence-electron chi connectivity index (χ1n) is 18.7. The zero-order valence-corrected chi connectivity index (χ0v) is 29.8. The Balaban J connectivity index is 1.12. The maximum absolute atomic E-state index is 2.43. The van der Waals surface area contributed by atoms with E-state index in [9.17, 15) is 0 Å². The number of fused-ring (bicyclic) bond motifs is 4. The summed E-state index contributed by atoms with van der Waals surface area (Å²) in [6.07, 6.45) is 0. The fraction of sp³-hybridized carbons (Fsp3) is 0.0189. The summed E-state index contributed by atoms with van der Waals surface area (Å²) in [6, 6.07) is 81.9. The number of hydrogen-bond acceptors (Lipinski definition) is 1. The minimum absolute atomic E-state index is 0.466. The van der Waals surface area contributed by atoms with Crippen LogP contribution in [0.25, 0.3) is 44.2 Å². The Bertz CT molecular complexity index is 2710. The molecule has 0 atom stereocenters. The zero-order valence-electron chi connectivity index (χ0n) is 29.8. The average molecular weight is 688 g/mol. The van der Waals surface area contributed by atoms with Gasteiger partial charge in [-0.1, -0.05) is 182 Å². The molecule has 0 bridgehead atoms. The second-order valence-electron chi connectivity index (χ2n) is 14.1. The van der Waals surface area contributed by atoms with Gasteiger partial charge in [-0.2, -0.15) is 0 Å². The molecule has 0 aliphatic heterocycles. The van der Waals surface area contributed by atoms with Crippen molar-refractivity contribution >= 4 is 27.8 Å². The summed E-state index contributed by atoms with van der Waals surface area (Å²) in [5.41, 5.74) is 15.4. The highest BCUT2D eigenvalue weighted by Crippen LogP contribution is 2.59. The molecule has 0 radical (unpaired) electrons. The van der Waals surface area contributed by atoms with Crippen molar-refractivity contribution in [1.29, 1.82) is 0 Å². The van der Waals surface area contributed by atoms with Crippen LogP contribution in [0.5, 0.6) is 0 Å². The third-order valence-corrected chi connectivity index (χ3v) is 11.1. The molecule has 10 rings (SSSR count). The number of anilines is 3. The van der Waals surface area contributed by atoms with Crippen LogP contribution < -0.4 is 4.90 Å². The van der Waals surface area contributed by atoms with E-state index in [1.54, 1.807) is 0 Å². The third kappa shape index (κ3) is 5.17. The first-order chi connectivity index (χ1) is 26.8. The molecule has 0 amide bonds. The first kappa shape index (κ1) is 31.7. The van der Waals surface area contributed by atoms with Crippen molar-refractivity contribution in [3.8, 4) is 33.4 Å². The highest BCUT2D eigenvalue weighted by atomic mass is 15.1. The van der Waals surface area contributed by atoms with Gasteiger partial charge in [0.25, 0.3) is 0 Å². The highest BCUT2D eigenvalue weighted by molar-refractivity contribution is 5.97. The van der Waals surface area contributed by atoms with E-state index in [0.29, 0.717) is 0 Å². The van der Waals surface area contributed by atoms with E-state index in [0.717, 1.165) is 17.1 Å². The minimum atomic E-state index is -0.466. The van der Waals surface area contributed by atoms with Gasteiger partial charge in [-0.15, -0.1) is 0 Å². The van der Waals surface area contributed by atoms with Gasteiger partial charge in [0.05, 0.1) is 11.1 Å². The van der Waals surface area contributed by atoms with Crippen LogP contribution in [0.4, 0.5) is 17.1 Å². The quantitative estimate of drug-likeness (QED) is 0.161. The Morgan fingerprint density at radius 3 is 1.56 bits per heavy atom. The second kappa shape index (κ2) is 13.2. The molecular weight excluding hydrogens is 651 g/mol. The van der Waals surface area contributed by atoms with E-state index in [4.69, 9.17) is 0 Å². The van der Waals surface area contributed by atoms with Gasteiger partial charge in [0.1, 0.15) is 0 Å². The zero-order chi connectivity index (χ0) is 35.9. The molecule has 0 aromatic heterocycles. The third-order valence-electron chi connectivity index (χ3n) is 11.1. The standard InChI is InChI=1S/C53H37N/c1-4-20-44(21-5-1)53(45-22-6-2-7-23-45)49-27-13-12-26-48(49)52-50(53)28-15-29-51(52)54(46-24-8-3-9-25-46)47-34-32-39(33-35-47)41-18-14-19-42(36-41)43-31-30-38-16-10-11-17-40(38)37-43/h1-37H. The van der Waals surface area contributed by atoms with Crippen molar-refractivity contribution in [3.63, 3.8) is 0 Å². The average Bonchev–Trinajstić information content (AvgIpc) is 3.57. The predicted molar refractivity (Wildman–Crippen MR) is 227 cm³/mol. The van der Waals surface area contributed by atoms with Crippen LogP contribution in [-0.4, -0.2) is 0 Å². The normalized spacial score (nSPS) is 12.6. The summed E-state index contributed by atoms with van der Waals surface area (Å²) in [5.74, 6) is 0. The van der Waals surface area contributed by atoms with Gasteiger partial charge in [0.15, 0.2) is 0 Å². The molecule has 9 aromatic rings. The summed E-state index contributed by atoms with van der Waals surface area (Å²) in [5, 5.41) is 2.51.